The highest BCUT2D eigenvalue weighted by molar-refractivity contribution is 6.08. The van der Waals surface area contributed by atoms with Crippen LogP contribution in [0.3, 0.4) is 0 Å². The normalized spacial score (nSPS) is 14.1. The predicted molar refractivity (Wildman–Crippen MR) is 294 cm³/mol. The van der Waals surface area contributed by atoms with Crippen LogP contribution in [0, 0.1) is 0 Å². The summed E-state index contributed by atoms with van der Waals surface area (Å²) in [5.74, 6) is 1.27. The Hall–Kier alpha value is -9.40. The number of allylic oxidation sites excluding steroid dienone is 4. The van der Waals surface area contributed by atoms with E-state index in [2.05, 4.69) is 157 Å². The van der Waals surface area contributed by atoms with E-state index >= 15 is 0 Å². The van der Waals surface area contributed by atoms with Crippen molar-refractivity contribution in [2.45, 2.75) is 32.1 Å². The molecule has 0 bridgehead atoms. The number of benzene rings is 9. The molecule has 0 saturated carbocycles. The first-order chi connectivity index (χ1) is 35.9. The average molecular weight is 945 g/mol. The van der Waals surface area contributed by atoms with Gasteiger partial charge in [0.15, 0.2) is 11.2 Å². The lowest BCUT2D eigenvalue weighted by molar-refractivity contribution is 0.579. The van der Waals surface area contributed by atoms with Gasteiger partial charge in [-0.05, 0) is 162 Å². The fourth-order valence-corrected chi connectivity index (χ4v) is 11.4. The zero-order valence-corrected chi connectivity index (χ0v) is 40.0. The molecule has 0 unspecified atom stereocenters. The molecule has 0 N–H and O–H groups in total. The van der Waals surface area contributed by atoms with Gasteiger partial charge in [-0.15, -0.1) is 0 Å². The molecule has 9 aromatic carbocycles. The number of aromatic nitrogens is 2. The van der Waals surface area contributed by atoms with E-state index in [0.717, 1.165) is 118 Å². The van der Waals surface area contributed by atoms with Crippen LogP contribution in [-0.2, 0) is 5.41 Å². The number of para-hydroxylation sites is 6. The molecule has 8 heteroatoms. The van der Waals surface area contributed by atoms with Crippen LogP contribution >= 0.6 is 0 Å². The van der Waals surface area contributed by atoms with Gasteiger partial charge in [0.25, 0.3) is 0 Å². The Kier molecular flexibility index (Phi) is 8.96. The van der Waals surface area contributed by atoms with Crippen LogP contribution in [0.5, 0.6) is 0 Å². The van der Waals surface area contributed by atoms with Gasteiger partial charge in [-0.25, -0.2) is 9.97 Å². The first kappa shape index (κ1) is 41.4. The van der Waals surface area contributed by atoms with E-state index in [1.54, 1.807) is 0 Å². The highest BCUT2D eigenvalue weighted by atomic mass is 16.4. The second kappa shape index (κ2) is 15.8. The number of oxazole rings is 2. The van der Waals surface area contributed by atoms with Gasteiger partial charge < -0.3 is 27.5 Å². The van der Waals surface area contributed by atoms with Crippen LogP contribution in [0.2, 0.25) is 0 Å². The minimum atomic E-state index is -0.346. The third kappa shape index (κ3) is 6.60. The number of nitrogens with zero attached hydrogens (tertiary/aromatic N) is 4. The van der Waals surface area contributed by atoms with Gasteiger partial charge in [0.2, 0.25) is 11.8 Å². The lowest BCUT2D eigenvalue weighted by atomic mass is 9.82. The van der Waals surface area contributed by atoms with E-state index in [4.69, 9.17) is 27.6 Å². The highest BCUT2D eigenvalue weighted by Gasteiger charge is 2.37. The Morgan fingerprint density at radius 3 is 1.42 bits per heavy atom. The minimum Gasteiger partial charge on any atom is -0.456 e. The SMILES string of the molecule is CC1(C)c2cc(N(C3=CC=C(c4nc5ccccc5o4)CC3)c3ccc4oc5ccccc5c4c3)ccc2-c2ccc(N(c3ccc(-c4nc5ccccc5o4)cc3)c3ccc4oc5ccccc5c4c3)cc21. The van der Waals surface area contributed by atoms with Crippen molar-refractivity contribution in [3.05, 3.63) is 229 Å². The third-order valence-corrected chi connectivity index (χ3v) is 15.0. The number of rotatable bonds is 8. The summed E-state index contributed by atoms with van der Waals surface area (Å²) in [6.07, 6.45) is 6.00. The molecule has 0 atom stereocenters. The molecule has 4 aromatic heterocycles. The molecule has 73 heavy (non-hydrogen) atoms. The summed E-state index contributed by atoms with van der Waals surface area (Å²) < 4.78 is 25.1. The van der Waals surface area contributed by atoms with Gasteiger partial charge in [0.1, 0.15) is 33.4 Å². The topological polar surface area (TPSA) is 84.8 Å². The largest absolute Gasteiger partial charge is 0.456 e. The Balaban J connectivity index is 0.838. The maximum Gasteiger partial charge on any atom is 0.227 e. The molecule has 0 fully saturated rings. The summed E-state index contributed by atoms with van der Waals surface area (Å²) in [5, 5.41) is 4.34. The van der Waals surface area contributed by atoms with Crippen molar-refractivity contribution in [3.63, 3.8) is 0 Å². The fraction of sp³-hybridized carbons (Fsp3) is 0.0769. The van der Waals surface area contributed by atoms with Crippen LogP contribution in [0.4, 0.5) is 28.4 Å². The Bertz CT molecular complexity index is 4380. The van der Waals surface area contributed by atoms with Crippen LogP contribution in [0.15, 0.2) is 230 Å². The monoisotopic (exact) mass is 944 g/mol. The van der Waals surface area contributed by atoms with Crippen molar-refractivity contribution in [1.82, 2.24) is 9.97 Å². The molecule has 15 rings (SSSR count). The fourth-order valence-electron chi connectivity index (χ4n) is 11.4. The smallest absolute Gasteiger partial charge is 0.227 e. The molecule has 0 radical (unpaired) electrons. The molecule has 348 valence electrons. The van der Waals surface area contributed by atoms with Gasteiger partial charge in [0, 0.05) is 72.2 Å². The summed E-state index contributed by atoms with van der Waals surface area (Å²) in [5.41, 5.74) is 19.8. The number of furan rings is 2. The van der Waals surface area contributed by atoms with Crippen LogP contribution in [0.25, 0.3) is 94.2 Å². The van der Waals surface area contributed by atoms with Crippen molar-refractivity contribution in [1.29, 1.82) is 0 Å². The molecular weight excluding hydrogens is 901 g/mol. The minimum absolute atomic E-state index is 0.346. The molecule has 2 aliphatic carbocycles. The summed E-state index contributed by atoms with van der Waals surface area (Å²) in [6, 6.07) is 67.9. The van der Waals surface area contributed by atoms with E-state index in [1.165, 1.54) is 28.0 Å². The second-order valence-corrected chi connectivity index (χ2v) is 19.7. The van der Waals surface area contributed by atoms with Gasteiger partial charge in [-0.2, -0.15) is 0 Å². The van der Waals surface area contributed by atoms with Crippen LogP contribution in [-0.4, -0.2) is 9.97 Å². The van der Waals surface area contributed by atoms with Crippen LogP contribution in [0.1, 0.15) is 43.7 Å². The van der Waals surface area contributed by atoms with Crippen LogP contribution < -0.4 is 9.80 Å². The summed E-state index contributed by atoms with van der Waals surface area (Å²) in [7, 11) is 0. The molecular formula is C65H44N4O4. The number of hydrogen-bond acceptors (Lipinski definition) is 8. The highest BCUT2D eigenvalue weighted by Crippen LogP contribution is 2.53. The van der Waals surface area contributed by atoms with E-state index < -0.39 is 0 Å². The van der Waals surface area contributed by atoms with Crippen molar-refractivity contribution in [3.8, 4) is 22.6 Å². The van der Waals surface area contributed by atoms with Crippen molar-refractivity contribution in [2.75, 3.05) is 9.80 Å². The number of fused-ring (bicyclic) bond motifs is 11. The quantitative estimate of drug-likeness (QED) is 0.149. The number of hydrogen-bond donors (Lipinski definition) is 0. The summed E-state index contributed by atoms with van der Waals surface area (Å²) >= 11 is 0. The van der Waals surface area contributed by atoms with E-state index in [0.29, 0.717) is 11.8 Å². The van der Waals surface area contributed by atoms with E-state index in [1.807, 2.05) is 72.8 Å². The Morgan fingerprint density at radius 2 is 0.849 bits per heavy atom. The Labute approximate surface area is 419 Å². The molecule has 0 amide bonds. The lowest BCUT2D eigenvalue weighted by Crippen LogP contribution is -2.20. The maximum absolute atomic E-state index is 6.32. The van der Waals surface area contributed by atoms with Gasteiger partial charge in [0.05, 0.1) is 0 Å². The van der Waals surface area contributed by atoms with Crippen molar-refractivity contribution in [2.24, 2.45) is 0 Å². The lowest BCUT2D eigenvalue weighted by Gasteiger charge is -2.31. The van der Waals surface area contributed by atoms with Crippen molar-refractivity contribution < 1.29 is 17.7 Å². The first-order valence-corrected chi connectivity index (χ1v) is 24.8. The van der Waals surface area contributed by atoms with Gasteiger partial charge in [-0.3, -0.25) is 0 Å². The molecule has 2 aliphatic rings. The number of anilines is 5. The molecule has 0 spiro atoms. The van der Waals surface area contributed by atoms with Crippen molar-refractivity contribution >= 4 is 100 Å². The zero-order valence-electron chi connectivity index (χ0n) is 40.0. The molecule has 8 nitrogen and oxygen atoms in total. The van der Waals surface area contributed by atoms with E-state index in [9.17, 15) is 0 Å². The predicted octanol–water partition coefficient (Wildman–Crippen LogP) is 18.1. The maximum atomic E-state index is 6.32. The molecule has 13 aromatic rings. The standard InChI is InChI=1S/C65H44N4O4/c1-65(2)53-37-45(68(43-29-33-59-51(35-43)49-11-3-7-15-57(49)70-59)41-23-19-39(20-24-41)63-66-55-13-5-9-17-61(55)72-63)27-31-47(53)48-32-28-46(38-54(48)65)69(44-30-34-60-52(36-44)50-12-4-8-16-58(50)71-60)42-25-21-40(22-26-42)64-67-56-14-6-10-18-62(56)73-64/h3-21,23-25,27-38H,22,26H2,1-2H3. The molecule has 0 aliphatic heterocycles. The zero-order chi connectivity index (χ0) is 48.4. The Morgan fingerprint density at radius 1 is 0.384 bits per heavy atom. The third-order valence-electron chi connectivity index (χ3n) is 15.0. The molecule has 0 saturated heterocycles. The summed E-state index contributed by atoms with van der Waals surface area (Å²) in [6.45, 7) is 4.72. The molecule has 4 heterocycles. The first-order valence-electron chi connectivity index (χ1n) is 24.8. The average Bonchev–Trinajstić information content (AvgIpc) is 4.27. The van der Waals surface area contributed by atoms with Gasteiger partial charge in [-0.1, -0.05) is 92.7 Å². The van der Waals surface area contributed by atoms with Gasteiger partial charge >= 0.3 is 0 Å². The summed E-state index contributed by atoms with van der Waals surface area (Å²) in [4.78, 5) is 14.4. The second-order valence-electron chi connectivity index (χ2n) is 19.7. The van der Waals surface area contributed by atoms with E-state index in [-0.39, 0.29) is 5.41 Å².